The van der Waals surface area contributed by atoms with E-state index in [0.717, 1.165) is 25.1 Å². The zero-order chi connectivity index (χ0) is 17.7. The molecule has 0 aromatic heterocycles. The first kappa shape index (κ1) is 18.5. The highest BCUT2D eigenvalue weighted by molar-refractivity contribution is 5.96. The van der Waals surface area contributed by atoms with Crippen LogP contribution >= 0.6 is 0 Å². The maximum absolute atomic E-state index is 12.7. The molecule has 1 aromatic carbocycles. The first-order valence-electron chi connectivity index (χ1n) is 8.72. The minimum absolute atomic E-state index is 0.0452. The molecule has 0 aliphatic carbocycles. The van der Waals surface area contributed by atoms with Gasteiger partial charge in [0.2, 0.25) is 11.8 Å². The van der Waals surface area contributed by atoms with Gasteiger partial charge in [0, 0.05) is 17.8 Å². The average Bonchev–Trinajstić information content (AvgIpc) is 2.51. The van der Waals surface area contributed by atoms with Crippen LogP contribution in [-0.2, 0) is 16.0 Å². The molecule has 0 atom stereocenters. The van der Waals surface area contributed by atoms with Gasteiger partial charge in [0.15, 0.2) is 0 Å². The summed E-state index contributed by atoms with van der Waals surface area (Å²) >= 11 is 0. The summed E-state index contributed by atoms with van der Waals surface area (Å²) in [6.45, 7) is 9.77. The molecule has 2 rings (SSSR count). The van der Waals surface area contributed by atoms with Crippen molar-refractivity contribution in [3.05, 3.63) is 29.8 Å². The molecule has 1 heterocycles. The van der Waals surface area contributed by atoms with E-state index in [9.17, 15) is 9.59 Å². The van der Waals surface area contributed by atoms with Crippen LogP contribution in [0.1, 0.15) is 39.7 Å². The molecule has 1 aliphatic heterocycles. The van der Waals surface area contributed by atoms with Crippen LogP contribution in [0.3, 0.4) is 0 Å². The Morgan fingerprint density at radius 3 is 2.58 bits per heavy atom. The van der Waals surface area contributed by atoms with Gasteiger partial charge in [0.05, 0.1) is 13.1 Å². The van der Waals surface area contributed by atoms with Gasteiger partial charge in [0.1, 0.15) is 0 Å². The van der Waals surface area contributed by atoms with E-state index in [1.807, 2.05) is 55.7 Å². The number of para-hydroxylation sites is 1. The summed E-state index contributed by atoms with van der Waals surface area (Å²) < 4.78 is 0. The fraction of sp³-hybridized carbons (Fsp3) is 0.579. The molecule has 1 N–H and O–H groups in total. The van der Waals surface area contributed by atoms with Gasteiger partial charge in [-0.15, -0.1) is 0 Å². The first-order chi connectivity index (χ1) is 11.3. The summed E-state index contributed by atoms with van der Waals surface area (Å²) in [4.78, 5) is 28.6. The number of carbonyl (C=O) groups is 2. The maximum Gasteiger partial charge on any atom is 0.241 e. The van der Waals surface area contributed by atoms with Crippen LogP contribution < -0.4 is 10.2 Å². The smallest absolute Gasteiger partial charge is 0.241 e. The van der Waals surface area contributed by atoms with E-state index in [1.165, 1.54) is 5.56 Å². The van der Waals surface area contributed by atoms with Crippen LogP contribution in [-0.4, -0.2) is 48.4 Å². The predicted octanol–water partition coefficient (Wildman–Crippen LogP) is 2.20. The number of likely N-dealkylation sites (N-methyl/N-ethyl adjacent to an activating group) is 1. The minimum Gasteiger partial charge on any atom is -0.350 e. The molecule has 0 unspecified atom stereocenters. The Balaban J connectivity index is 1.99. The SMILES string of the molecule is CCN(CC(=O)NC(C)(C)C)CC(=O)N1CCCc2ccccc21. The van der Waals surface area contributed by atoms with Crippen molar-refractivity contribution in [3.8, 4) is 0 Å². The Morgan fingerprint density at radius 2 is 1.92 bits per heavy atom. The molecule has 0 spiro atoms. The molecule has 0 fully saturated rings. The van der Waals surface area contributed by atoms with E-state index >= 15 is 0 Å². The maximum atomic E-state index is 12.7. The lowest BCUT2D eigenvalue weighted by molar-refractivity contribution is -0.125. The molecule has 132 valence electrons. The Labute approximate surface area is 145 Å². The van der Waals surface area contributed by atoms with Gasteiger partial charge in [-0.25, -0.2) is 0 Å². The van der Waals surface area contributed by atoms with Gasteiger partial charge < -0.3 is 10.2 Å². The Hall–Kier alpha value is -1.88. The third-order valence-electron chi connectivity index (χ3n) is 4.10. The minimum atomic E-state index is -0.258. The second-order valence-corrected chi connectivity index (χ2v) is 7.38. The lowest BCUT2D eigenvalue weighted by Gasteiger charge is -2.31. The number of nitrogens with one attached hydrogen (secondary N) is 1. The van der Waals surface area contributed by atoms with Crippen LogP contribution in [0.25, 0.3) is 0 Å². The molecular formula is C19H29N3O2. The molecule has 1 aromatic rings. The highest BCUT2D eigenvalue weighted by Crippen LogP contribution is 2.26. The molecular weight excluding hydrogens is 302 g/mol. The Morgan fingerprint density at radius 1 is 1.21 bits per heavy atom. The van der Waals surface area contributed by atoms with Gasteiger partial charge in [0.25, 0.3) is 0 Å². The zero-order valence-corrected chi connectivity index (χ0v) is 15.3. The van der Waals surface area contributed by atoms with E-state index in [0.29, 0.717) is 6.54 Å². The number of fused-ring (bicyclic) bond motifs is 1. The van der Waals surface area contributed by atoms with E-state index in [2.05, 4.69) is 11.4 Å². The van der Waals surface area contributed by atoms with Crippen molar-refractivity contribution < 1.29 is 9.59 Å². The quantitative estimate of drug-likeness (QED) is 0.900. The van der Waals surface area contributed by atoms with Crippen molar-refractivity contribution in [2.75, 3.05) is 31.1 Å². The summed E-state index contributed by atoms with van der Waals surface area (Å²) in [6.07, 6.45) is 2.00. The largest absolute Gasteiger partial charge is 0.350 e. The van der Waals surface area contributed by atoms with E-state index in [4.69, 9.17) is 0 Å². The lowest BCUT2D eigenvalue weighted by atomic mass is 10.0. The highest BCUT2D eigenvalue weighted by Gasteiger charge is 2.24. The van der Waals surface area contributed by atoms with E-state index in [1.54, 1.807) is 0 Å². The molecule has 5 nitrogen and oxygen atoms in total. The third-order valence-corrected chi connectivity index (χ3v) is 4.10. The normalized spacial score (nSPS) is 14.5. The van der Waals surface area contributed by atoms with Crippen LogP contribution in [0.15, 0.2) is 24.3 Å². The fourth-order valence-corrected chi connectivity index (χ4v) is 3.01. The number of carbonyl (C=O) groups excluding carboxylic acids is 2. The van der Waals surface area contributed by atoms with Crippen LogP contribution in [0, 0.1) is 0 Å². The molecule has 0 saturated heterocycles. The Bertz CT molecular complexity index is 593. The summed E-state index contributed by atoms with van der Waals surface area (Å²) in [7, 11) is 0. The monoisotopic (exact) mass is 331 g/mol. The van der Waals surface area contributed by atoms with E-state index in [-0.39, 0.29) is 30.4 Å². The van der Waals surface area contributed by atoms with Gasteiger partial charge in [-0.2, -0.15) is 0 Å². The fourth-order valence-electron chi connectivity index (χ4n) is 3.01. The average molecular weight is 331 g/mol. The molecule has 24 heavy (non-hydrogen) atoms. The molecule has 5 heteroatoms. The van der Waals surface area contributed by atoms with Crippen molar-refractivity contribution in [2.45, 2.75) is 46.1 Å². The van der Waals surface area contributed by atoms with Crippen molar-refractivity contribution in [2.24, 2.45) is 0 Å². The molecule has 2 amide bonds. The van der Waals surface area contributed by atoms with Crippen LogP contribution in [0.2, 0.25) is 0 Å². The summed E-state index contributed by atoms with van der Waals surface area (Å²) in [6, 6.07) is 8.08. The van der Waals surface area contributed by atoms with E-state index < -0.39 is 0 Å². The topological polar surface area (TPSA) is 52.7 Å². The van der Waals surface area contributed by atoms with Gasteiger partial charge >= 0.3 is 0 Å². The number of rotatable bonds is 5. The standard InChI is InChI=1S/C19H29N3O2/c1-5-21(13-17(23)20-19(2,3)4)14-18(24)22-12-8-10-15-9-6-7-11-16(15)22/h6-7,9,11H,5,8,10,12-14H2,1-4H3,(H,20,23). The number of amides is 2. The number of hydrogen-bond acceptors (Lipinski definition) is 3. The van der Waals surface area contributed by atoms with Gasteiger partial charge in [-0.3, -0.25) is 14.5 Å². The van der Waals surface area contributed by atoms with Crippen LogP contribution in [0.5, 0.6) is 0 Å². The zero-order valence-electron chi connectivity index (χ0n) is 15.3. The van der Waals surface area contributed by atoms with Gasteiger partial charge in [-0.1, -0.05) is 25.1 Å². The van der Waals surface area contributed by atoms with Crippen LogP contribution in [0.4, 0.5) is 5.69 Å². The van der Waals surface area contributed by atoms with Gasteiger partial charge in [-0.05, 0) is 51.8 Å². The van der Waals surface area contributed by atoms with Crippen molar-refractivity contribution in [1.82, 2.24) is 10.2 Å². The van der Waals surface area contributed by atoms with Crippen molar-refractivity contribution in [1.29, 1.82) is 0 Å². The number of hydrogen-bond donors (Lipinski definition) is 1. The number of benzene rings is 1. The molecule has 0 radical (unpaired) electrons. The molecule has 0 saturated carbocycles. The molecule has 0 bridgehead atoms. The summed E-state index contributed by atoms with van der Waals surface area (Å²) in [5.74, 6) is 0.0174. The summed E-state index contributed by atoms with van der Waals surface area (Å²) in [5.41, 5.74) is 1.99. The number of aryl methyl sites for hydroxylation is 1. The molecule has 1 aliphatic rings. The number of anilines is 1. The lowest BCUT2D eigenvalue weighted by Crippen LogP contribution is -2.49. The third kappa shape index (κ3) is 5.06. The second-order valence-electron chi connectivity index (χ2n) is 7.38. The van der Waals surface area contributed by atoms with Crippen molar-refractivity contribution in [3.63, 3.8) is 0 Å². The number of nitrogens with zero attached hydrogens (tertiary/aromatic N) is 2. The second kappa shape index (κ2) is 7.79. The van der Waals surface area contributed by atoms with Crippen molar-refractivity contribution >= 4 is 17.5 Å². The Kier molecular flexibility index (Phi) is 5.99. The predicted molar refractivity (Wildman–Crippen MR) is 97.1 cm³/mol. The first-order valence-corrected chi connectivity index (χ1v) is 8.72. The summed E-state index contributed by atoms with van der Waals surface area (Å²) in [5, 5.41) is 2.95. The highest BCUT2D eigenvalue weighted by atomic mass is 16.2.